The molecule has 0 spiro atoms. The molecule has 1 unspecified atom stereocenters. The lowest BCUT2D eigenvalue weighted by atomic mass is 9.95. The number of aliphatic imine (C=N–C) groups is 1. The van der Waals surface area contributed by atoms with E-state index < -0.39 is 6.10 Å². The molecule has 1 heterocycles. The van der Waals surface area contributed by atoms with Crippen molar-refractivity contribution in [3.8, 4) is 0 Å². The van der Waals surface area contributed by atoms with Crippen LogP contribution in [0.1, 0.15) is 42.2 Å². The van der Waals surface area contributed by atoms with E-state index >= 15 is 0 Å². The topological polar surface area (TPSA) is 82.4 Å². The van der Waals surface area contributed by atoms with Gasteiger partial charge in [-0.2, -0.15) is 4.98 Å². The van der Waals surface area contributed by atoms with Crippen LogP contribution in [-0.4, -0.2) is 28.3 Å². The number of hydrogen-bond donors (Lipinski definition) is 3. The van der Waals surface area contributed by atoms with Gasteiger partial charge in [-0.05, 0) is 60.2 Å². The molecular formula is C24H29N5O. The Hall–Kier alpha value is -3.25. The Bertz CT molecular complexity index is 1010. The summed E-state index contributed by atoms with van der Waals surface area (Å²) in [5.41, 5.74) is 5.99. The second-order valence-corrected chi connectivity index (χ2v) is 7.74. The number of nitrogens with one attached hydrogen (secondary N) is 2. The molecular weight excluding hydrogens is 374 g/mol. The van der Waals surface area contributed by atoms with Gasteiger partial charge in [0.15, 0.2) is 0 Å². The van der Waals surface area contributed by atoms with Crippen LogP contribution in [0.15, 0.2) is 53.7 Å². The number of aliphatic hydroxyl groups is 1. The summed E-state index contributed by atoms with van der Waals surface area (Å²) < 4.78 is 0. The van der Waals surface area contributed by atoms with Crippen LogP contribution in [0.4, 0.5) is 23.1 Å². The average molecular weight is 404 g/mol. The smallest absolute Gasteiger partial charge is 0.229 e. The first kappa shape index (κ1) is 21.5. The fraction of sp³-hybridized carbons (Fsp3) is 0.292. The molecule has 0 aliphatic rings. The molecule has 0 aliphatic heterocycles. The molecule has 0 bridgehead atoms. The molecule has 2 aromatic carbocycles. The Morgan fingerprint density at radius 1 is 1.00 bits per heavy atom. The Morgan fingerprint density at radius 3 is 2.27 bits per heavy atom. The van der Waals surface area contributed by atoms with Crippen molar-refractivity contribution in [3.63, 3.8) is 0 Å². The summed E-state index contributed by atoms with van der Waals surface area (Å²) in [5.74, 6) is 1.38. The van der Waals surface area contributed by atoms with E-state index in [-0.39, 0.29) is 5.92 Å². The summed E-state index contributed by atoms with van der Waals surface area (Å²) in [7, 11) is 1.75. The zero-order valence-corrected chi connectivity index (χ0v) is 18.1. The first-order chi connectivity index (χ1) is 14.4. The van der Waals surface area contributed by atoms with Crippen molar-refractivity contribution in [2.45, 2.75) is 33.8 Å². The molecule has 0 amide bonds. The van der Waals surface area contributed by atoms with Crippen LogP contribution in [0.25, 0.3) is 0 Å². The van der Waals surface area contributed by atoms with Crippen LogP contribution < -0.4 is 10.6 Å². The molecule has 3 rings (SSSR count). The second kappa shape index (κ2) is 9.50. The normalized spacial score (nSPS) is 12.4. The molecule has 156 valence electrons. The zero-order chi connectivity index (χ0) is 21.7. The summed E-state index contributed by atoms with van der Waals surface area (Å²) in [6.07, 6.45) is 3.06. The Balaban J connectivity index is 1.78. The quantitative estimate of drug-likeness (QED) is 0.465. The van der Waals surface area contributed by atoms with Crippen molar-refractivity contribution in [3.05, 3.63) is 70.9 Å². The van der Waals surface area contributed by atoms with Gasteiger partial charge < -0.3 is 15.7 Å². The van der Waals surface area contributed by atoms with Crippen LogP contribution in [-0.2, 0) is 0 Å². The van der Waals surface area contributed by atoms with Gasteiger partial charge in [-0.15, -0.1) is 0 Å². The number of nitrogens with zero attached hydrogens (tertiary/aromatic N) is 3. The molecule has 3 N–H and O–H groups in total. The molecule has 6 nitrogen and oxygen atoms in total. The van der Waals surface area contributed by atoms with Crippen LogP contribution in [0.2, 0.25) is 0 Å². The fourth-order valence-electron chi connectivity index (χ4n) is 3.30. The van der Waals surface area contributed by atoms with E-state index in [1.54, 1.807) is 19.5 Å². The number of hydrogen-bond acceptors (Lipinski definition) is 6. The minimum Gasteiger partial charge on any atom is -0.388 e. The first-order valence-electron chi connectivity index (χ1n) is 10.1. The zero-order valence-electron chi connectivity index (χ0n) is 18.1. The van der Waals surface area contributed by atoms with E-state index in [1.807, 2.05) is 70.2 Å². The third-order valence-electron chi connectivity index (χ3n) is 4.88. The highest BCUT2D eigenvalue weighted by Gasteiger charge is 2.15. The van der Waals surface area contributed by atoms with Gasteiger partial charge in [0.2, 0.25) is 5.95 Å². The van der Waals surface area contributed by atoms with Crippen LogP contribution in [0.3, 0.4) is 0 Å². The highest BCUT2D eigenvalue weighted by atomic mass is 16.3. The lowest BCUT2D eigenvalue weighted by Crippen LogP contribution is -2.08. The van der Waals surface area contributed by atoms with Crippen LogP contribution >= 0.6 is 0 Å². The predicted octanol–water partition coefficient (Wildman–Crippen LogP) is 5.32. The van der Waals surface area contributed by atoms with E-state index in [2.05, 4.69) is 25.6 Å². The standard InChI is InChI=1S/C24H29N5O/c1-15(2)23(30)19-12-16(3)22(17(4)13-19)28-21-10-11-26-24(29-21)27-20-8-6-18(7-9-20)14-25-5/h6-15,23,30H,1-5H3,(H2,26,27,28,29)/b25-14-. The van der Waals surface area contributed by atoms with Crippen LogP contribution in [0, 0.1) is 19.8 Å². The van der Waals surface area contributed by atoms with Gasteiger partial charge in [-0.3, -0.25) is 4.99 Å². The van der Waals surface area contributed by atoms with Crippen molar-refractivity contribution >= 4 is 29.4 Å². The van der Waals surface area contributed by atoms with Crippen LogP contribution in [0.5, 0.6) is 0 Å². The molecule has 0 saturated heterocycles. The van der Waals surface area contributed by atoms with Crippen molar-refractivity contribution in [1.29, 1.82) is 0 Å². The summed E-state index contributed by atoms with van der Waals surface area (Å²) in [5, 5.41) is 17.0. The number of benzene rings is 2. The summed E-state index contributed by atoms with van der Waals surface area (Å²) >= 11 is 0. The van der Waals surface area contributed by atoms with Gasteiger partial charge in [0.05, 0.1) is 6.10 Å². The van der Waals surface area contributed by atoms with Gasteiger partial charge in [0.1, 0.15) is 5.82 Å². The molecule has 6 heteroatoms. The van der Waals surface area contributed by atoms with E-state index in [0.717, 1.165) is 33.6 Å². The first-order valence-corrected chi connectivity index (χ1v) is 10.1. The lowest BCUT2D eigenvalue weighted by Gasteiger charge is -2.19. The Morgan fingerprint density at radius 2 is 1.67 bits per heavy atom. The van der Waals surface area contributed by atoms with Gasteiger partial charge in [0.25, 0.3) is 0 Å². The van der Waals surface area contributed by atoms with E-state index in [0.29, 0.717) is 11.8 Å². The minimum atomic E-state index is -0.471. The van der Waals surface area contributed by atoms with Gasteiger partial charge in [-0.1, -0.05) is 38.1 Å². The summed E-state index contributed by atoms with van der Waals surface area (Å²) in [4.78, 5) is 12.9. The second-order valence-electron chi connectivity index (χ2n) is 7.74. The predicted molar refractivity (Wildman–Crippen MR) is 124 cm³/mol. The van der Waals surface area contributed by atoms with Gasteiger partial charge in [-0.25, -0.2) is 4.98 Å². The van der Waals surface area contributed by atoms with Crippen molar-refractivity contribution in [2.24, 2.45) is 10.9 Å². The third kappa shape index (κ3) is 5.21. The molecule has 0 saturated carbocycles. The maximum Gasteiger partial charge on any atom is 0.229 e. The molecule has 0 radical (unpaired) electrons. The number of aliphatic hydroxyl groups excluding tert-OH is 1. The summed E-state index contributed by atoms with van der Waals surface area (Å²) in [6.45, 7) is 8.10. The number of anilines is 4. The lowest BCUT2D eigenvalue weighted by molar-refractivity contribution is 0.127. The number of rotatable bonds is 7. The average Bonchev–Trinajstić information content (AvgIpc) is 2.72. The maximum absolute atomic E-state index is 10.4. The molecule has 1 aromatic heterocycles. The third-order valence-corrected chi connectivity index (χ3v) is 4.88. The maximum atomic E-state index is 10.4. The Labute approximate surface area is 178 Å². The van der Waals surface area contributed by atoms with E-state index in [4.69, 9.17) is 0 Å². The fourth-order valence-corrected chi connectivity index (χ4v) is 3.30. The molecule has 0 aliphatic carbocycles. The van der Waals surface area contributed by atoms with E-state index in [1.165, 1.54) is 0 Å². The van der Waals surface area contributed by atoms with Gasteiger partial charge in [0, 0.05) is 30.8 Å². The highest BCUT2D eigenvalue weighted by Crippen LogP contribution is 2.30. The van der Waals surface area contributed by atoms with E-state index in [9.17, 15) is 5.11 Å². The summed E-state index contributed by atoms with van der Waals surface area (Å²) in [6, 6.07) is 13.8. The molecule has 1 atom stereocenters. The molecule has 0 fully saturated rings. The molecule has 30 heavy (non-hydrogen) atoms. The van der Waals surface area contributed by atoms with Crippen molar-refractivity contribution in [1.82, 2.24) is 9.97 Å². The molecule has 3 aromatic rings. The van der Waals surface area contributed by atoms with Crippen molar-refractivity contribution in [2.75, 3.05) is 17.7 Å². The largest absolute Gasteiger partial charge is 0.388 e. The van der Waals surface area contributed by atoms with Crippen molar-refractivity contribution < 1.29 is 5.11 Å². The Kier molecular flexibility index (Phi) is 6.79. The monoisotopic (exact) mass is 403 g/mol. The van der Waals surface area contributed by atoms with Gasteiger partial charge >= 0.3 is 0 Å². The number of aryl methyl sites for hydroxylation is 2. The number of aromatic nitrogens is 2. The SMILES string of the molecule is C/N=C\c1ccc(Nc2nccc(Nc3c(C)cc(C(O)C(C)C)cc3C)n2)cc1. The highest BCUT2D eigenvalue weighted by molar-refractivity contribution is 5.80. The minimum absolute atomic E-state index is 0.168.